The minimum absolute atomic E-state index is 0.655. The second-order valence-corrected chi connectivity index (χ2v) is 40.0. The van der Waals surface area contributed by atoms with Crippen molar-refractivity contribution in [2.75, 3.05) is 14.2 Å². The Morgan fingerprint density at radius 2 is 0.896 bits per heavy atom. The first-order chi connectivity index (χ1) is 32.6. The summed E-state index contributed by atoms with van der Waals surface area (Å²) in [5.74, 6) is 1.31. The molecule has 0 unspecified atom stereocenters. The van der Waals surface area contributed by atoms with Gasteiger partial charge in [-0.25, -0.2) is 9.97 Å². The minimum atomic E-state index is -2.21. The van der Waals surface area contributed by atoms with Crippen molar-refractivity contribution in [1.82, 2.24) is 15.0 Å². The largest absolute Gasteiger partial charge is 0.481 e. The van der Waals surface area contributed by atoms with E-state index in [-0.39, 0.29) is 0 Å². The zero-order valence-electron chi connectivity index (χ0n) is 39.1. The van der Waals surface area contributed by atoms with Gasteiger partial charge in [0.2, 0.25) is 11.8 Å². The van der Waals surface area contributed by atoms with E-state index in [4.69, 9.17) is 9.47 Å². The number of fused-ring (bicyclic) bond motifs is 3. The van der Waals surface area contributed by atoms with Crippen molar-refractivity contribution in [2.24, 2.45) is 0 Å². The van der Waals surface area contributed by atoms with Crippen molar-refractivity contribution in [2.45, 2.75) is 86.5 Å². The Morgan fingerprint density at radius 3 is 1.40 bits per heavy atom. The summed E-state index contributed by atoms with van der Waals surface area (Å²) in [4.78, 5) is 25.1. The summed E-state index contributed by atoms with van der Waals surface area (Å²) in [7, 11) is 3.27. The first kappa shape index (κ1) is 50.4. The number of rotatable bonds is 16. The first-order valence-electron chi connectivity index (χ1n) is 22.9. The van der Waals surface area contributed by atoms with E-state index in [1.54, 1.807) is 50.2 Å². The summed E-state index contributed by atoms with van der Waals surface area (Å²) < 4.78 is 21.6. The van der Waals surface area contributed by atoms with Gasteiger partial charge in [-0.2, -0.15) is 0 Å². The van der Waals surface area contributed by atoms with Gasteiger partial charge in [-0.15, -0.1) is 56.7 Å². The average molecular weight is 1190 g/mol. The van der Waals surface area contributed by atoms with E-state index in [0.717, 1.165) is 9.48 Å². The maximum Gasteiger partial charge on any atom is 0.213 e. The predicted molar refractivity (Wildman–Crippen MR) is 307 cm³/mol. The molecule has 10 aromatic heterocycles. The van der Waals surface area contributed by atoms with Crippen molar-refractivity contribution in [3.8, 4) is 50.8 Å². The number of aromatic nitrogens is 3. The van der Waals surface area contributed by atoms with Crippen LogP contribution in [-0.2, 0) is 0 Å². The van der Waals surface area contributed by atoms with Gasteiger partial charge in [-0.1, -0.05) is 0 Å². The molecule has 0 aromatic carbocycles. The number of hydrogen-bond acceptors (Lipinski definition) is 12. The molecule has 10 rings (SSSR count). The third-order valence-electron chi connectivity index (χ3n) is 11.8. The van der Waals surface area contributed by atoms with Crippen LogP contribution in [0, 0.1) is 13.8 Å². The minimum Gasteiger partial charge on any atom is -0.481 e. The molecule has 10 aromatic rings. The van der Waals surface area contributed by atoms with Crippen LogP contribution in [0.5, 0.6) is 11.8 Å². The van der Waals surface area contributed by atoms with Crippen LogP contribution in [0.25, 0.3) is 69.3 Å². The molecule has 0 bridgehead atoms. The number of methoxy groups -OCH3 is 2. The second kappa shape index (κ2) is 23.7. The van der Waals surface area contributed by atoms with Crippen molar-refractivity contribution in [1.29, 1.82) is 0 Å². The summed E-state index contributed by atoms with van der Waals surface area (Å²) in [5.41, 5.74) is 1.06. The fraction of sp³-hybridized carbons (Fsp3) is 0.302. The van der Waals surface area contributed by atoms with E-state index < -0.39 is 18.4 Å². The number of thiophene rings is 7. The number of ether oxygens (including phenoxy) is 2. The van der Waals surface area contributed by atoms with Crippen LogP contribution in [0.4, 0.5) is 0 Å². The Bertz CT molecular complexity index is 3150. The number of nitrogens with zero attached hydrogens (tertiary/aromatic N) is 3. The topological polar surface area (TPSA) is 57.1 Å². The Hall–Kier alpha value is -2.99. The number of unbranched alkanes of at least 4 members (excludes halogenated alkanes) is 3. The van der Waals surface area contributed by atoms with Crippen LogP contribution >= 0.6 is 95.3 Å². The fourth-order valence-electron chi connectivity index (χ4n) is 8.16. The smallest absolute Gasteiger partial charge is 0.213 e. The molecular weight excluding hydrogens is 1130 g/mol. The molecule has 5 nitrogen and oxygen atoms in total. The molecule has 0 N–H and O–H groups in total. The maximum absolute atomic E-state index is 5.26. The zero-order valence-corrected chi connectivity index (χ0v) is 49.2. The zero-order chi connectivity index (χ0) is 46.9. The molecule has 67 heavy (non-hydrogen) atoms. The first-order valence-corrected chi connectivity index (χ1v) is 36.9. The number of pyridine rings is 3. The van der Waals surface area contributed by atoms with Gasteiger partial charge in [-0.3, -0.25) is 4.98 Å². The Labute approximate surface area is 436 Å². The van der Waals surface area contributed by atoms with Crippen LogP contribution in [0.1, 0.15) is 69.9 Å². The van der Waals surface area contributed by atoms with Crippen molar-refractivity contribution in [3.63, 3.8) is 0 Å². The van der Waals surface area contributed by atoms with E-state index in [1.807, 2.05) is 85.9 Å². The normalized spacial score (nSPS) is 11.5. The predicted octanol–water partition coefficient (Wildman–Crippen LogP) is 19.3. The molecule has 14 heteroatoms. The number of hydrogen-bond donors (Lipinski definition) is 0. The molecule has 0 atom stereocenters. The summed E-state index contributed by atoms with van der Waals surface area (Å²) in [6.45, 7) is 11.4. The Kier molecular flexibility index (Phi) is 17.9. The summed E-state index contributed by atoms with van der Waals surface area (Å²) in [6, 6.07) is 31.1. The average Bonchev–Trinajstić information content (AvgIpc) is 4.20. The van der Waals surface area contributed by atoms with E-state index in [2.05, 4.69) is 143 Å². The SMILES string of the molecule is CCC[CH2][Sn]([CH2]CCC)([CH2]CCC)[c]1ccc(-c2ccc(C)s2)s1.COc1cc2cc(-c3ccc(-c4ccc(-c5cc6cc(C)ncc6s5)s4)s3)sc2cn1.COc1cc2cc(Br)sc2cn1. The molecule has 348 valence electrons. The van der Waals surface area contributed by atoms with E-state index in [1.165, 1.54) is 113 Å². The van der Waals surface area contributed by atoms with Gasteiger partial charge >= 0.3 is 162 Å². The van der Waals surface area contributed by atoms with Crippen LogP contribution in [0.2, 0.25) is 13.3 Å². The van der Waals surface area contributed by atoms with Crippen molar-refractivity contribution >= 4 is 147 Å². The second-order valence-electron chi connectivity index (χ2n) is 16.7. The number of aryl methyl sites for hydroxylation is 2. The fourth-order valence-corrected chi connectivity index (χ4v) is 35.1. The number of halogens is 1. The molecule has 0 aliphatic heterocycles. The molecule has 0 aliphatic carbocycles. The van der Waals surface area contributed by atoms with Gasteiger partial charge in [0, 0.05) is 76.5 Å². The van der Waals surface area contributed by atoms with Crippen molar-refractivity contribution < 1.29 is 9.47 Å². The summed E-state index contributed by atoms with van der Waals surface area (Å²) in [6.07, 6.45) is 14.1. The molecule has 0 fully saturated rings. The molecule has 0 spiro atoms. The summed E-state index contributed by atoms with van der Waals surface area (Å²) in [5, 5.41) is 3.62. The molecule has 10 heterocycles. The van der Waals surface area contributed by atoms with Gasteiger partial charge < -0.3 is 9.47 Å². The monoisotopic (exact) mass is 1190 g/mol. The van der Waals surface area contributed by atoms with Crippen molar-refractivity contribution in [3.05, 3.63) is 118 Å². The van der Waals surface area contributed by atoms with Crippen LogP contribution in [-0.4, -0.2) is 47.5 Å². The molecule has 0 radical (unpaired) electrons. The van der Waals surface area contributed by atoms with E-state index in [0.29, 0.717) is 11.8 Å². The quantitative estimate of drug-likeness (QED) is 0.0903. The van der Waals surface area contributed by atoms with Gasteiger partial charge in [0.25, 0.3) is 0 Å². The molecule has 0 saturated carbocycles. The van der Waals surface area contributed by atoms with Crippen LogP contribution < -0.4 is 12.4 Å². The standard InChI is InChI=1S/C24H16N2OS4.C9H7S2.C8H6BrNOS.3C4H9.Sn/c1-13-7-14-8-20(30-22(14)11-25-13)18-5-3-16(28-18)17-4-6-19(29-17)21-9-15-10-24(27-2)26-12-23(15)31-21;1-7-4-5-9(11-7)8-3-2-6-10-8;1-11-8-3-5-2-7(9)12-6(5)4-10-8;3*1-3-4-2;/h3-12H,1-2H3;2-5H,1H3;2-4H,1H3;3*1,3-4H2,2H3;. The van der Waals surface area contributed by atoms with Gasteiger partial charge in [-0.05, 0) is 76.8 Å². The molecular formula is C53H56BrN3O2S7Sn. The Morgan fingerprint density at radius 1 is 0.463 bits per heavy atom. The van der Waals surface area contributed by atoms with E-state index >= 15 is 0 Å². The molecule has 0 amide bonds. The molecule has 0 saturated heterocycles. The van der Waals surface area contributed by atoms with E-state index in [9.17, 15) is 0 Å². The Balaban J connectivity index is 0.000000149. The van der Waals surface area contributed by atoms with Crippen LogP contribution in [0.15, 0.2) is 107 Å². The molecule has 0 aliphatic rings. The van der Waals surface area contributed by atoms with Crippen LogP contribution in [0.3, 0.4) is 0 Å². The van der Waals surface area contributed by atoms with Gasteiger partial charge in [0.1, 0.15) is 0 Å². The maximum atomic E-state index is 5.26. The van der Waals surface area contributed by atoms with Gasteiger partial charge in [0.05, 0.1) is 32.1 Å². The third-order valence-corrected chi connectivity index (χ3v) is 38.8. The summed E-state index contributed by atoms with van der Waals surface area (Å²) >= 11 is 14.3. The van der Waals surface area contributed by atoms with Gasteiger partial charge in [0.15, 0.2) is 0 Å². The third kappa shape index (κ3) is 12.5.